The Morgan fingerprint density at radius 2 is 1.81 bits per heavy atom. The predicted molar refractivity (Wildman–Crippen MR) is 116 cm³/mol. The second-order valence-corrected chi connectivity index (χ2v) is 8.98. The average molecular weight is 435 g/mol. The van der Waals surface area contributed by atoms with Gasteiger partial charge in [0.05, 0.1) is 20.3 Å². The average Bonchev–Trinajstić information content (AvgIpc) is 2.71. The van der Waals surface area contributed by atoms with Crippen LogP contribution in [0.4, 0.5) is 4.79 Å². The van der Waals surface area contributed by atoms with Crippen molar-refractivity contribution in [1.82, 2.24) is 5.32 Å². The summed E-state index contributed by atoms with van der Waals surface area (Å²) in [6.45, 7) is 5.24. The highest BCUT2D eigenvalue weighted by Crippen LogP contribution is 2.35. The van der Waals surface area contributed by atoms with Gasteiger partial charge in [-0.1, -0.05) is 25.0 Å². The Hall–Kier alpha value is -2.61. The lowest BCUT2D eigenvalue weighted by Gasteiger charge is -2.39. The van der Waals surface area contributed by atoms with Crippen molar-refractivity contribution in [3.05, 3.63) is 29.8 Å². The standard InChI is InChI=1S/C23H34N2O6/c1-22(2,3)31-21(28)25-18(14-15-9-11-16(29-4)12-10-15)19(26)17-8-6-7-13-23(17,24)20(27)30-5/h9-12,17-18H,6-8,13-14,24H2,1-5H3,(H,25,28). The topological polar surface area (TPSA) is 117 Å². The van der Waals surface area contributed by atoms with Gasteiger partial charge in [-0.2, -0.15) is 0 Å². The smallest absolute Gasteiger partial charge is 0.408 e. The number of esters is 1. The first-order valence-corrected chi connectivity index (χ1v) is 10.5. The number of methoxy groups -OCH3 is 2. The number of Topliss-reactive ketones (excluding diaryl/α,β-unsaturated/α-hetero) is 1. The fourth-order valence-electron chi connectivity index (χ4n) is 3.94. The molecule has 0 bridgehead atoms. The van der Waals surface area contributed by atoms with Crippen LogP contribution in [0.5, 0.6) is 5.75 Å². The molecule has 172 valence electrons. The molecule has 31 heavy (non-hydrogen) atoms. The molecule has 2 rings (SSSR count). The number of rotatable bonds is 7. The van der Waals surface area contributed by atoms with Crippen molar-refractivity contribution in [2.45, 2.75) is 70.1 Å². The number of nitrogens with two attached hydrogens (primary N) is 1. The molecular weight excluding hydrogens is 400 g/mol. The van der Waals surface area contributed by atoms with Crippen LogP contribution in [0.3, 0.4) is 0 Å². The zero-order chi connectivity index (χ0) is 23.2. The minimum absolute atomic E-state index is 0.232. The van der Waals surface area contributed by atoms with Crippen molar-refractivity contribution in [2.24, 2.45) is 11.7 Å². The van der Waals surface area contributed by atoms with Crippen LogP contribution < -0.4 is 15.8 Å². The Morgan fingerprint density at radius 3 is 2.35 bits per heavy atom. The highest BCUT2D eigenvalue weighted by molar-refractivity contribution is 5.96. The van der Waals surface area contributed by atoms with Crippen molar-refractivity contribution in [2.75, 3.05) is 14.2 Å². The number of ketones is 1. The van der Waals surface area contributed by atoms with Gasteiger partial charge in [0.1, 0.15) is 16.9 Å². The predicted octanol–water partition coefficient (Wildman–Crippen LogP) is 2.76. The highest BCUT2D eigenvalue weighted by Gasteiger charge is 2.49. The summed E-state index contributed by atoms with van der Waals surface area (Å²) in [4.78, 5) is 38.5. The van der Waals surface area contributed by atoms with Crippen LogP contribution in [0.2, 0.25) is 0 Å². The number of hydrogen-bond donors (Lipinski definition) is 2. The summed E-state index contributed by atoms with van der Waals surface area (Å²) >= 11 is 0. The van der Waals surface area contributed by atoms with E-state index in [1.165, 1.54) is 7.11 Å². The normalized spacial score (nSPS) is 22.2. The van der Waals surface area contributed by atoms with Crippen molar-refractivity contribution < 1.29 is 28.6 Å². The summed E-state index contributed by atoms with van der Waals surface area (Å²) in [6.07, 6.45) is 1.86. The van der Waals surface area contributed by atoms with Gasteiger partial charge < -0.3 is 25.3 Å². The number of ether oxygens (including phenoxy) is 3. The maximum atomic E-state index is 13.6. The number of benzene rings is 1. The molecule has 0 heterocycles. The van der Waals surface area contributed by atoms with Crippen LogP contribution in [-0.4, -0.2) is 49.2 Å². The molecule has 1 fully saturated rings. The van der Waals surface area contributed by atoms with Crippen LogP contribution in [0.15, 0.2) is 24.3 Å². The van der Waals surface area contributed by atoms with Crippen LogP contribution in [0, 0.1) is 5.92 Å². The lowest BCUT2D eigenvalue weighted by molar-refractivity contribution is -0.154. The van der Waals surface area contributed by atoms with Crippen molar-refractivity contribution >= 4 is 17.8 Å². The number of nitrogens with one attached hydrogen (secondary N) is 1. The lowest BCUT2D eigenvalue weighted by atomic mass is 9.69. The zero-order valence-electron chi connectivity index (χ0n) is 19.0. The highest BCUT2D eigenvalue weighted by atomic mass is 16.6. The van der Waals surface area contributed by atoms with Gasteiger partial charge in [-0.3, -0.25) is 9.59 Å². The second-order valence-electron chi connectivity index (χ2n) is 8.98. The van der Waals surface area contributed by atoms with E-state index in [1.807, 2.05) is 12.1 Å². The van der Waals surface area contributed by atoms with Gasteiger partial charge in [0.25, 0.3) is 0 Å². The van der Waals surface area contributed by atoms with Gasteiger partial charge in [-0.25, -0.2) is 4.79 Å². The van der Waals surface area contributed by atoms with E-state index in [-0.39, 0.29) is 12.2 Å². The summed E-state index contributed by atoms with van der Waals surface area (Å²) in [5, 5.41) is 2.69. The largest absolute Gasteiger partial charge is 0.497 e. The quantitative estimate of drug-likeness (QED) is 0.634. The van der Waals surface area contributed by atoms with Gasteiger partial charge in [0.2, 0.25) is 0 Å². The monoisotopic (exact) mass is 434 g/mol. The van der Waals surface area contributed by atoms with E-state index in [4.69, 9.17) is 19.9 Å². The number of alkyl carbamates (subject to hydrolysis) is 1. The molecule has 0 spiro atoms. The molecule has 0 saturated heterocycles. The Bertz CT molecular complexity index is 786. The molecule has 1 aromatic rings. The molecule has 1 aliphatic carbocycles. The number of hydrogen-bond acceptors (Lipinski definition) is 7. The summed E-state index contributed by atoms with van der Waals surface area (Å²) in [7, 11) is 2.84. The molecule has 3 unspecified atom stereocenters. The van der Waals surface area contributed by atoms with Crippen molar-refractivity contribution in [3.63, 3.8) is 0 Å². The molecule has 8 heteroatoms. The minimum atomic E-state index is -1.40. The summed E-state index contributed by atoms with van der Waals surface area (Å²) in [5.74, 6) is -0.974. The molecule has 3 atom stereocenters. The third-order valence-electron chi connectivity index (χ3n) is 5.50. The molecule has 0 radical (unpaired) electrons. The number of carbonyl (C=O) groups is 3. The van der Waals surface area contributed by atoms with Gasteiger partial charge in [-0.15, -0.1) is 0 Å². The molecule has 1 aromatic carbocycles. The fraction of sp³-hybridized carbons (Fsp3) is 0.609. The first kappa shape index (κ1) is 24.7. The van der Waals surface area contributed by atoms with Crippen LogP contribution in [0.25, 0.3) is 0 Å². The lowest BCUT2D eigenvalue weighted by Crippen LogP contribution is -2.61. The molecule has 0 aliphatic heterocycles. The fourth-order valence-corrected chi connectivity index (χ4v) is 3.94. The third kappa shape index (κ3) is 6.43. The van der Waals surface area contributed by atoms with Crippen molar-refractivity contribution in [3.8, 4) is 5.75 Å². The van der Waals surface area contributed by atoms with E-state index >= 15 is 0 Å². The number of carbonyl (C=O) groups excluding carboxylic acids is 3. The minimum Gasteiger partial charge on any atom is -0.497 e. The maximum absolute atomic E-state index is 13.6. The Morgan fingerprint density at radius 1 is 1.16 bits per heavy atom. The van der Waals surface area contributed by atoms with E-state index in [2.05, 4.69) is 5.32 Å². The second kappa shape index (κ2) is 10.1. The van der Waals surface area contributed by atoms with Crippen LogP contribution in [0.1, 0.15) is 52.0 Å². The van der Waals surface area contributed by atoms with Gasteiger partial charge in [0, 0.05) is 5.92 Å². The van der Waals surface area contributed by atoms with E-state index in [9.17, 15) is 14.4 Å². The number of amides is 1. The molecule has 3 N–H and O–H groups in total. The molecule has 0 aromatic heterocycles. The maximum Gasteiger partial charge on any atom is 0.408 e. The van der Waals surface area contributed by atoms with E-state index in [0.29, 0.717) is 18.6 Å². The van der Waals surface area contributed by atoms with E-state index in [0.717, 1.165) is 18.4 Å². The Labute approximate surface area is 183 Å². The van der Waals surface area contributed by atoms with Crippen LogP contribution >= 0.6 is 0 Å². The molecule has 8 nitrogen and oxygen atoms in total. The molecule has 1 aliphatic rings. The van der Waals surface area contributed by atoms with Gasteiger partial charge >= 0.3 is 12.1 Å². The first-order valence-electron chi connectivity index (χ1n) is 10.5. The molecule has 1 saturated carbocycles. The van der Waals surface area contributed by atoms with E-state index in [1.54, 1.807) is 40.0 Å². The summed E-state index contributed by atoms with van der Waals surface area (Å²) < 4.78 is 15.4. The Kier molecular flexibility index (Phi) is 8.06. The van der Waals surface area contributed by atoms with Crippen molar-refractivity contribution in [1.29, 1.82) is 0 Å². The summed E-state index contributed by atoms with van der Waals surface area (Å²) in [5.41, 5.74) is 5.11. The SMILES string of the molecule is COC(=O)C1(N)CCCCC1C(=O)C(Cc1ccc(OC)cc1)NC(=O)OC(C)(C)C. The third-order valence-corrected chi connectivity index (χ3v) is 5.50. The van der Waals surface area contributed by atoms with Crippen LogP contribution in [-0.2, 0) is 25.5 Å². The first-order chi connectivity index (χ1) is 14.5. The van der Waals surface area contributed by atoms with Gasteiger partial charge in [0.15, 0.2) is 5.78 Å². The Balaban J connectivity index is 2.31. The zero-order valence-corrected chi connectivity index (χ0v) is 19.0. The molecular formula is C23H34N2O6. The molecule has 1 amide bonds. The van der Waals surface area contributed by atoms with Gasteiger partial charge in [-0.05, 0) is 57.7 Å². The summed E-state index contributed by atoms with van der Waals surface area (Å²) in [6, 6.07) is 6.32. The van der Waals surface area contributed by atoms with E-state index < -0.39 is 35.2 Å².